The number of ether oxygens (including phenoxy) is 3. The lowest BCUT2D eigenvalue weighted by Gasteiger charge is -2.41. The third-order valence-corrected chi connectivity index (χ3v) is 13.5. The second kappa shape index (κ2) is 18.4. The van der Waals surface area contributed by atoms with Gasteiger partial charge >= 0.3 is 0 Å². The standard InChI is InChI=1S/C41H52N8O9S/c42-36(52)30(50)22-24-4-10-31-33(24)35-38(44-23-45-39(35)59-31)58-26-7-5-25(6-8-26)48-15-13-47(14-16-48)17-19-57-21-20-56-18-12-43-28-3-1-2-27-34(28)41(55)49(40(27)54)29-9-11-32(51)46-37(29)53/h1-3,23-26,29-30,43,50H,4-22H2,(H2,42,52)(H,46,51,53)/t24-,25?,26?,29?,30-/m1/s1. The fraction of sp³-hybridized carbons (Fsp3) is 0.585. The van der Waals surface area contributed by atoms with E-state index < -0.39 is 41.7 Å². The highest BCUT2D eigenvalue weighted by Gasteiger charge is 2.45. The van der Waals surface area contributed by atoms with Crippen molar-refractivity contribution in [3.63, 3.8) is 0 Å². The minimum Gasteiger partial charge on any atom is -0.474 e. The molecule has 5 aliphatic rings. The summed E-state index contributed by atoms with van der Waals surface area (Å²) in [5, 5.41) is 16.5. The number of fused-ring (bicyclic) bond motifs is 4. The number of imide groups is 2. The molecule has 8 rings (SSSR count). The number of nitrogens with two attached hydrogens (primary N) is 1. The van der Waals surface area contributed by atoms with E-state index in [0.29, 0.717) is 57.0 Å². The second-order valence-corrected chi connectivity index (χ2v) is 17.0. The van der Waals surface area contributed by atoms with E-state index in [1.165, 1.54) is 4.88 Å². The second-order valence-electron chi connectivity index (χ2n) is 15.9. The number of piperazine rings is 1. The van der Waals surface area contributed by atoms with Gasteiger partial charge in [-0.05, 0) is 75.0 Å². The molecule has 1 unspecified atom stereocenters. The van der Waals surface area contributed by atoms with Crippen LogP contribution in [0, 0.1) is 0 Å². The van der Waals surface area contributed by atoms with Crippen molar-refractivity contribution in [2.45, 2.75) is 88.0 Å². The van der Waals surface area contributed by atoms with Gasteiger partial charge in [-0.25, -0.2) is 9.97 Å². The third-order valence-electron chi connectivity index (χ3n) is 12.3. The number of anilines is 1. The Morgan fingerprint density at radius 1 is 0.949 bits per heavy atom. The number of nitrogens with one attached hydrogen (secondary N) is 2. The number of aliphatic hydroxyl groups is 1. The first-order valence-corrected chi connectivity index (χ1v) is 21.6. The highest BCUT2D eigenvalue weighted by Crippen LogP contribution is 2.48. The van der Waals surface area contributed by atoms with E-state index >= 15 is 0 Å². The Morgan fingerprint density at radius 2 is 1.73 bits per heavy atom. The summed E-state index contributed by atoms with van der Waals surface area (Å²) in [4.78, 5) is 79.1. The van der Waals surface area contributed by atoms with Crippen LogP contribution in [-0.4, -0.2) is 149 Å². The lowest BCUT2D eigenvalue weighted by atomic mass is 9.91. The molecule has 5 amide bonds. The van der Waals surface area contributed by atoms with Gasteiger partial charge in [0.05, 0.1) is 42.9 Å². The molecule has 0 radical (unpaired) electrons. The molecule has 1 saturated carbocycles. The average Bonchev–Trinajstić information content (AvgIpc) is 3.88. The molecule has 2 saturated heterocycles. The van der Waals surface area contributed by atoms with Crippen LogP contribution in [0.5, 0.6) is 5.88 Å². The molecule has 18 heteroatoms. The van der Waals surface area contributed by atoms with Crippen LogP contribution in [0.3, 0.4) is 0 Å². The highest BCUT2D eigenvalue weighted by atomic mass is 32.1. The van der Waals surface area contributed by atoms with Crippen molar-refractivity contribution in [2.24, 2.45) is 5.73 Å². The van der Waals surface area contributed by atoms with Gasteiger partial charge in [0.25, 0.3) is 11.8 Å². The molecule has 17 nitrogen and oxygen atoms in total. The van der Waals surface area contributed by atoms with Crippen molar-refractivity contribution in [1.29, 1.82) is 0 Å². The topological polar surface area (TPSA) is 219 Å². The largest absolute Gasteiger partial charge is 0.474 e. The Balaban J connectivity index is 0.697. The molecule has 0 bridgehead atoms. The number of carbonyl (C=O) groups is 5. The molecule has 3 fully saturated rings. The number of hydrogen-bond donors (Lipinski definition) is 4. The quantitative estimate of drug-likeness (QED) is 0.113. The SMILES string of the molecule is NC(=O)[C@H](O)C[C@H]1CCc2sc3ncnc(OC4CCC(N5CCN(CCOCCOCCNc6cccc7c6C(=O)N(C6CCC(=O)NC6=O)C7=O)CC5)CC4)c3c21. The van der Waals surface area contributed by atoms with Crippen LogP contribution in [0.25, 0.3) is 10.2 Å². The first kappa shape index (κ1) is 41.2. The molecule has 59 heavy (non-hydrogen) atoms. The Labute approximate surface area is 345 Å². The molecule has 316 valence electrons. The van der Waals surface area contributed by atoms with Gasteiger partial charge in [-0.2, -0.15) is 0 Å². The molecule has 3 atom stereocenters. The lowest BCUT2D eigenvalue weighted by molar-refractivity contribution is -0.136. The minimum absolute atomic E-state index is 0.0304. The first-order valence-electron chi connectivity index (χ1n) is 20.8. The van der Waals surface area contributed by atoms with Crippen LogP contribution in [0.1, 0.15) is 88.4 Å². The zero-order chi connectivity index (χ0) is 41.0. The van der Waals surface area contributed by atoms with Gasteiger partial charge in [0.2, 0.25) is 23.6 Å². The fourth-order valence-corrected chi connectivity index (χ4v) is 10.5. The van der Waals surface area contributed by atoms with Gasteiger partial charge < -0.3 is 30.4 Å². The molecule has 3 aromatic rings. The molecular formula is C41H52N8O9S. The first-order chi connectivity index (χ1) is 28.7. The van der Waals surface area contributed by atoms with Gasteiger partial charge in [-0.3, -0.25) is 44.0 Å². The summed E-state index contributed by atoms with van der Waals surface area (Å²) in [6.45, 7) is 7.20. The number of thiophene rings is 1. The Bertz CT molecular complexity index is 2060. The van der Waals surface area contributed by atoms with E-state index in [-0.39, 0.29) is 36.0 Å². The Morgan fingerprint density at radius 3 is 2.49 bits per heavy atom. The normalized spacial score (nSPS) is 24.3. The Hall–Kier alpha value is -4.59. The zero-order valence-corrected chi connectivity index (χ0v) is 33.9. The molecule has 3 aliphatic heterocycles. The van der Waals surface area contributed by atoms with Crippen molar-refractivity contribution in [3.05, 3.63) is 46.1 Å². The highest BCUT2D eigenvalue weighted by molar-refractivity contribution is 7.19. The van der Waals surface area contributed by atoms with E-state index in [1.54, 1.807) is 35.9 Å². The number of benzene rings is 1. The van der Waals surface area contributed by atoms with Crippen LogP contribution in [0.15, 0.2) is 24.5 Å². The fourth-order valence-electron chi connectivity index (χ4n) is 9.23. The van der Waals surface area contributed by atoms with Crippen molar-refractivity contribution in [3.8, 4) is 5.88 Å². The molecular weight excluding hydrogens is 781 g/mol. The number of amides is 5. The maximum absolute atomic E-state index is 13.3. The van der Waals surface area contributed by atoms with E-state index in [2.05, 4.69) is 30.4 Å². The monoisotopic (exact) mass is 832 g/mol. The zero-order valence-electron chi connectivity index (χ0n) is 33.1. The maximum atomic E-state index is 13.3. The summed E-state index contributed by atoms with van der Waals surface area (Å²) in [5.41, 5.74) is 7.44. The van der Waals surface area contributed by atoms with E-state index in [0.717, 1.165) is 91.9 Å². The van der Waals surface area contributed by atoms with E-state index in [9.17, 15) is 29.1 Å². The maximum Gasteiger partial charge on any atom is 0.264 e. The molecule has 1 aromatic carbocycles. The van der Waals surface area contributed by atoms with E-state index in [1.807, 2.05) is 0 Å². The number of hydrogen-bond acceptors (Lipinski definition) is 15. The van der Waals surface area contributed by atoms with Gasteiger partial charge in [-0.15, -0.1) is 11.3 Å². The third kappa shape index (κ3) is 8.98. The van der Waals surface area contributed by atoms with Gasteiger partial charge in [0, 0.05) is 62.3 Å². The predicted molar refractivity (Wildman–Crippen MR) is 216 cm³/mol. The lowest BCUT2D eigenvalue weighted by Crippen LogP contribution is -2.54. The van der Waals surface area contributed by atoms with Crippen LogP contribution < -0.4 is 21.1 Å². The number of piperidine rings is 1. The van der Waals surface area contributed by atoms with E-state index in [4.69, 9.17) is 19.9 Å². The summed E-state index contributed by atoms with van der Waals surface area (Å²) >= 11 is 1.65. The summed E-state index contributed by atoms with van der Waals surface area (Å²) in [5.74, 6) is -2.18. The molecule has 2 aliphatic carbocycles. The van der Waals surface area contributed by atoms with Crippen LogP contribution in [-0.2, 0) is 30.3 Å². The average molecular weight is 833 g/mol. The number of rotatable bonds is 17. The molecule has 5 N–H and O–H groups in total. The number of nitrogens with zero attached hydrogens (tertiary/aromatic N) is 5. The number of primary amides is 1. The summed E-state index contributed by atoms with van der Waals surface area (Å²) < 4.78 is 18.2. The van der Waals surface area contributed by atoms with Gasteiger partial charge in [0.1, 0.15) is 29.4 Å². The number of carbonyl (C=O) groups excluding carboxylic acids is 5. The predicted octanol–water partition coefficient (Wildman–Crippen LogP) is 1.81. The molecule has 0 spiro atoms. The van der Waals surface area contributed by atoms with Gasteiger partial charge in [-0.1, -0.05) is 6.07 Å². The molecule has 2 aromatic heterocycles. The number of aromatic nitrogens is 2. The van der Waals surface area contributed by atoms with Crippen LogP contribution in [0.2, 0.25) is 0 Å². The van der Waals surface area contributed by atoms with Crippen molar-refractivity contribution < 1.29 is 43.3 Å². The van der Waals surface area contributed by atoms with Crippen molar-refractivity contribution >= 4 is 56.8 Å². The van der Waals surface area contributed by atoms with Crippen molar-refractivity contribution in [1.82, 2.24) is 30.0 Å². The summed E-state index contributed by atoms with van der Waals surface area (Å²) in [6, 6.07) is 4.50. The van der Waals surface area contributed by atoms with Crippen LogP contribution in [0.4, 0.5) is 5.69 Å². The number of aliphatic hydroxyl groups excluding tert-OH is 1. The Kier molecular flexibility index (Phi) is 12.8. The number of aryl methyl sites for hydroxylation is 1. The smallest absolute Gasteiger partial charge is 0.264 e. The molecule has 5 heterocycles. The van der Waals surface area contributed by atoms with Crippen LogP contribution >= 0.6 is 11.3 Å². The summed E-state index contributed by atoms with van der Waals surface area (Å²) in [6.07, 6.45) is 6.77. The van der Waals surface area contributed by atoms with Crippen molar-refractivity contribution in [2.75, 3.05) is 71.0 Å². The minimum atomic E-state index is -1.17. The summed E-state index contributed by atoms with van der Waals surface area (Å²) in [7, 11) is 0. The van der Waals surface area contributed by atoms with Gasteiger partial charge in [0.15, 0.2) is 0 Å².